The van der Waals surface area contributed by atoms with Gasteiger partial charge in [0.05, 0.1) is 6.61 Å². The fourth-order valence-electron chi connectivity index (χ4n) is 3.37. The summed E-state index contributed by atoms with van der Waals surface area (Å²) in [6, 6.07) is 10.1. The van der Waals surface area contributed by atoms with Crippen LogP contribution >= 0.6 is 0 Å². The van der Waals surface area contributed by atoms with Crippen molar-refractivity contribution in [3.63, 3.8) is 0 Å². The summed E-state index contributed by atoms with van der Waals surface area (Å²) >= 11 is 0. The standard InChI is InChI=1S/C20H34N4O/c1-17(15-24-11-7-4-8-12-24)13-22-20(21-2)23-14-19(16-25)18-9-5-3-6-10-18/h3,5-6,9-10,17,19,25H,4,7-8,11-16H2,1-2H3,(H2,21,22,23). The molecule has 0 saturated carbocycles. The van der Waals surface area contributed by atoms with Crippen LogP contribution in [-0.4, -0.2) is 62.3 Å². The van der Waals surface area contributed by atoms with Crippen LogP contribution in [0.5, 0.6) is 0 Å². The van der Waals surface area contributed by atoms with E-state index in [1.54, 1.807) is 7.05 Å². The van der Waals surface area contributed by atoms with Crippen LogP contribution in [0.2, 0.25) is 0 Å². The van der Waals surface area contributed by atoms with Crippen molar-refractivity contribution in [3.8, 4) is 0 Å². The van der Waals surface area contributed by atoms with Crippen LogP contribution < -0.4 is 10.6 Å². The van der Waals surface area contributed by atoms with Gasteiger partial charge in [-0.05, 0) is 37.4 Å². The van der Waals surface area contributed by atoms with Gasteiger partial charge >= 0.3 is 0 Å². The van der Waals surface area contributed by atoms with E-state index in [4.69, 9.17) is 0 Å². The molecule has 0 amide bonds. The maximum atomic E-state index is 9.66. The Hall–Kier alpha value is -1.59. The molecule has 0 bridgehead atoms. The van der Waals surface area contributed by atoms with Crippen molar-refractivity contribution < 1.29 is 5.11 Å². The number of benzene rings is 1. The number of aliphatic imine (C=N–C) groups is 1. The summed E-state index contributed by atoms with van der Waals surface area (Å²) in [6.07, 6.45) is 4.06. The third-order valence-electron chi connectivity index (χ3n) is 4.87. The lowest BCUT2D eigenvalue weighted by molar-refractivity contribution is 0.201. The number of nitrogens with zero attached hydrogens (tertiary/aromatic N) is 2. The summed E-state index contributed by atoms with van der Waals surface area (Å²) < 4.78 is 0. The van der Waals surface area contributed by atoms with Crippen LogP contribution in [0, 0.1) is 5.92 Å². The number of rotatable bonds is 8. The van der Waals surface area contributed by atoms with Gasteiger partial charge in [0, 0.05) is 32.6 Å². The van der Waals surface area contributed by atoms with Crippen LogP contribution in [0.3, 0.4) is 0 Å². The third kappa shape index (κ3) is 7.04. The minimum absolute atomic E-state index is 0.0746. The van der Waals surface area contributed by atoms with E-state index in [1.807, 2.05) is 18.2 Å². The lowest BCUT2D eigenvalue weighted by Crippen LogP contribution is -2.43. The Labute approximate surface area is 152 Å². The number of hydrogen-bond acceptors (Lipinski definition) is 3. The van der Waals surface area contributed by atoms with E-state index in [0.717, 1.165) is 24.6 Å². The molecular formula is C20H34N4O. The Morgan fingerprint density at radius 1 is 1.12 bits per heavy atom. The highest BCUT2D eigenvalue weighted by Crippen LogP contribution is 2.13. The van der Waals surface area contributed by atoms with Gasteiger partial charge in [0.15, 0.2) is 5.96 Å². The van der Waals surface area contributed by atoms with Crippen molar-refractivity contribution in [2.75, 3.05) is 46.4 Å². The van der Waals surface area contributed by atoms with Gasteiger partial charge < -0.3 is 20.6 Å². The van der Waals surface area contributed by atoms with Crippen LogP contribution in [-0.2, 0) is 0 Å². The normalized spacial score (nSPS) is 18.6. The lowest BCUT2D eigenvalue weighted by atomic mass is 10.0. The van der Waals surface area contributed by atoms with Gasteiger partial charge in [-0.1, -0.05) is 43.7 Å². The Morgan fingerprint density at radius 3 is 2.44 bits per heavy atom. The third-order valence-corrected chi connectivity index (χ3v) is 4.87. The average Bonchev–Trinajstić information content (AvgIpc) is 2.66. The van der Waals surface area contributed by atoms with E-state index in [0.29, 0.717) is 12.5 Å². The Bertz CT molecular complexity index is 500. The van der Waals surface area contributed by atoms with Crippen molar-refractivity contribution in [2.45, 2.75) is 32.1 Å². The summed E-state index contributed by atoms with van der Waals surface area (Å²) in [6.45, 7) is 7.62. The smallest absolute Gasteiger partial charge is 0.191 e. The maximum Gasteiger partial charge on any atom is 0.191 e. The largest absolute Gasteiger partial charge is 0.396 e. The molecule has 5 nitrogen and oxygen atoms in total. The van der Waals surface area contributed by atoms with Crippen molar-refractivity contribution in [1.82, 2.24) is 15.5 Å². The molecule has 0 spiro atoms. The van der Waals surface area contributed by atoms with E-state index < -0.39 is 0 Å². The number of aliphatic hydroxyl groups is 1. The molecule has 3 N–H and O–H groups in total. The van der Waals surface area contributed by atoms with Gasteiger partial charge in [-0.25, -0.2) is 0 Å². The molecule has 1 aliphatic heterocycles. The minimum Gasteiger partial charge on any atom is -0.396 e. The van der Waals surface area contributed by atoms with E-state index in [-0.39, 0.29) is 12.5 Å². The summed E-state index contributed by atoms with van der Waals surface area (Å²) in [7, 11) is 1.79. The number of likely N-dealkylation sites (tertiary alicyclic amines) is 1. The molecule has 1 fully saturated rings. The quantitative estimate of drug-likeness (QED) is 0.498. The molecule has 0 aliphatic carbocycles. The zero-order valence-electron chi connectivity index (χ0n) is 15.7. The number of hydrogen-bond donors (Lipinski definition) is 3. The molecule has 25 heavy (non-hydrogen) atoms. The molecule has 5 heteroatoms. The highest BCUT2D eigenvalue weighted by Gasteiger charge is 2.14. The van der Waals surface area contributed by atoms with Gasteiger partial charge in [0.1, 0.15) is 0 Å². The lowest BCUT2D eigenvalue weighted by Gasteiger charge is -2.29. The molecule has 140 valence electrons. The Kier molecular flexibility index (Phi) is 8.77. The van der Waals surface area contributed by atoms with Gasteiger partial charge in [-0.2, -0.15) is 0 Å². The minimum atomic E-state index is 0.0746. The summed E-state index contributed by atoms with van der Waals surface area (Å²) in [5.41, 5.74) is 1.14. The highest BCUT2D eigenvalue weighted by atomic mass is 16.3. The van der Waals surface area contributed by atoms with Crippen molar-refractivity contribution in [1.29, 1.82) is 0 Å². The van der Waals surface area contributed by atoms with Crippen molar-refractivity contribution in [2.24, 2.45) is 10.9 Å². The molecule has 2 atom stereocenters. The van der Waals surface area contributed by atoms with Crippen molar-refractivity contribution in [3.05, 3.63) is 35.9 Å². The second-order valence-corrected chi connectivity index (χ2v) is 7.09. The SMILES string of the molecule is CN=C(NCC(C)CN1CCCCC1)NCC(CO)c1ccccc1. The average molecular weight is 347 g/mol. The molecule has 0 aromatic heterocycles. The number of piperidine rings is 1. The second kappa shape index (κ2) is 11.1. The Morgan fingerprint density at radius 2 is 1.80 bits per heavy atom. The maximum absolute atomic E-state index is 9.66. The van der Waals surface area contributed by atoms with Gasteiger partial charge in [0.2, 0.25) is 0 Å². The number of guanidine groups is 1. The first kappa shape index (κ1) is 19.7. The molecular weight excluding hydrogens is 312 g/mol. The summed E-state index contributed by atoms with van der Waals surface area (Å²) in [5.74, 6) is 1.46. The predicted octanol–water partition coefficient (Wildman–Crippen LogP) is 2.05. The number of aliphatic hydroxyl groups excluding tert-OH is 1. The van der Waals surface area contributed by atoms with E-state index >= 15 is 0 Å². The van der Waals surface area contributed by atoms with E-state index in [1.165, 1.54) is 32.4 Å². The zero-order valence-corrected chi connectivity index (χ0v) is 15.7. The fourth-order valence-corrected chi connectivity index (χ4v) is 3.37. The van der Waals surface area contributed by atoms with Crippen LogP contribution in [0.15, 0.2) is 35.3 Å². The molecule has 2 unspecified atom stereocenters. The first-order valence-corrected chi connectivity index (χ1v) is 9.55. The van der Waals surface area contributed by atoms with E-state index in [9.17, 15) is 5.11 Å². The van der Waals surface area contributed by atoms with Gasteiger partial charge in [-0.15, -0.1) is 0 Å². The van der Waals surface area contributed by atoms with Crippen LogP contribution in [0.4, 0.5) is 0 Å². The molecule has 1 aromatic carbocycles. The predicted molar refractivity (Wildman–Crippen MR) is 105 cm³/mol. The number of nitrogens with one attached hydrogen (secondary N) is 2. The van der Waals surface area contributed by atoms with Crippen LogP contribution in [0.25, 0.3) is 0 Å². The fraction of sp³-hybridized carbons (Fsp3) is 0.650. The Balaban J connectivity index is 1.72. The first-order chi connectivity index (χ1) is 12.2. The first-order valence-electron chi connectivity index (χ1n) is 9.55. The monoisotopic (exact) mass is 346 g/mol. The molecule has 1 saturated heterocycles. The molecule has 1 aliphatic rings. The topological polar surface area (TPSA) is 59.9 Å². The molecule has 2 rings (SSSR count). The second-order valence-electron chi connectivity index (χ2n) is 7.09. The van der Waals surface area contributed by atoms with E-state index in [2.05, 4.69) is 39.6 Å². The summed E-state index contributed by atoms with van der Waals surface area (Å²) in [5, 5.41) is 16.4. The van der Waals surface area contributed by atoms with Gasteiger partial charge in [-0.3, -0.25) is 4.99 Å². The molecule has 0 radical (unpaired) electrons. The molecule has 1 heterocycles. The molecule has 1 aromatic rings. The summed E-state index contributed by atoms with van der Waals surface area (Å²) in [4.78, 5) is 6.88. The van der Waals surface area contributed by atoms with Crippen molar-refractivity contribution >= 4 is 5.96 Å². The zero-order chi connectivity index (χ0) is 17.9. The van der Waals surface area contributed by atoms with Crippen LogP contribution in [0.1, 0.15) is 37.7 Å². The van der Waals surface area contributed by atoms with Gasteiger partial charge in [0.25, 0.3) is 0 Å². The highest BCUT2D eigenvalue weighted by molar-refractivity contribution is 5.79.